The van der Waals surface area contributed by atoms with Crippen LogP contribution < -0.4 is 0 Å². The van der Waals surface area contributed by atoms with Gasteiger partial charge in [0.05, 0.1) is 6.61 Å². The summed E-state index contributed by atoms with van der Waals surface area (Å²) >= 11 is 0. The Bertz CT molecular complexity index is 264. The van der Waals surface area contributed by atoms with Crippen molar-refractivity contribution >= 4 is 14.3 Å². The van der Waals surface area contributed by atoms with Crippen LogP contribution in [0.15, 0.2) is 12.2 Å². The molecule has 0 radical (unpaired) electrons. The third-order valence-electron chi connectivity index (χ3n) is 3.09. The lowest BCUT2D eigenvalue weighted by molar-refractivity contribution is -0.137. The van der Waals surface area contributed by atoms with Gasteiger partial charge < -0.3 is 9.16 Å². The zero-order valence-electron chi connectivity index (χ0n) is 12.0. The van der Waals surface area contributed by atoms with Crippen LogP contribution in [0.1, 0.15) is 34.1 Å². The minimum absolute atomic E-state index is 0.234. The number of rotatable bonds is 6. The molecule has 0 saturated carbocycles. The molecule has 0 N–H and O–H groups in total. The first-order chi connectivity index (χ1) is 7.70. The third-order valence-corrected chi connectivity index (χ3v) is 7.63. The molecule has 3 nitrogen and oxygen atoms in total. The van der Waals surface area contributed by atoms with Gasteiger partial charge in [0.25, 0.3) is 0 Å². The highest BCUT2D eigenvalue weighted by Gasteiger charge is 2.36. The topological polar surface area (TPSA) is 35.5 Å². The molecule has 4 heteroatoms. The number of hydrogen-bond acceptors (Lipinski definition) is 3. The standard InChI is InChI=1S/C13H26O3Si/c1-7-15-12(14)10-8-9-11-16-17(5,6)13(2,3)4/h8,10H,7,9,11H2,1-6H3/b10-8+. The van der Waals surface area contributed by atoms with Gasteiger partial charge in [-0.1, -0.05) is 26.8 Å². The lowest BCUT2D eigenvalue weighted by Gasteiger charge is -2.36. The van der Waals surface area contributed by atoms with Crippen molar-refractivity contribution in [2.45, 2.75) is 52.2 Å². The highest BCUT2D eigenvalue weighted by atomic mass is 28.4. The molecule has 0 atom stereocenters. The molecule has 0 unspecified atom stereocenters. The molecular weight excluding hydrogens is 232 g/mol. The van der Waals surface area contributed by atoms with Gasteiger partial charge in [-0.25, -0.2) is 4.79 Å². The summed E-state index contributed by atoms with van der Waals surface area (Å²) in [5, 5.41) is 0.234. The average molecular weight is 258 g/mol. The highest BCUT2D eigenvalue weighted by molar-refractivity contribution is 6.74. The number of carbonyl (C=O) groups excluding carboxylic acids is 1. The van der Waals surface area contributed by atoms with Crippen molar-refractivity contribution in [1.29, 1.82) is 0 Å². The molecular formula is C13H26O3Si. The number of esters is 1. The van der Waals surface area contributed by atoms with E-state index < -0.39 is 8.32 Å². The maximum Gasteiger partial charge on any atom is 0.330 e. The summed E-state index contributed by atoms with van der Waals surface area (Å²) in [5.74, 6) is -0.278. The molecule has 0 aromatic rings. The van der Waals surface area contributed by atoms with E-state index in [1.165, 1.54) is 6.08 Å². The fraction of sp³-hybridized carbons (Fsp3) is 0.769. The van der Waals surface area contributed by atoms with E-state index in [4.69, 9.17) is 9.16 Å². The number of carbonyl (C=O) groups is 1. The van der Waals surface area contributed by atoms with Crippen molar-refractivity contribution in [3.8, 4) is 0 Å². The molecule has 0 fully saturated rings. The van der Waals surface area contributed by atoms with Gasteiger partial charge in [0, 0.05) is 12.7 Å². The Hall–Kier alpha value is -0.613. The predicted molar refractivity (Wildman–Crippen MR) is 73.5 cm³/mol. The van der Waals surface area contributed by atoms with Gasteiger partial charge in [0.1, 0.15) is 0 Å². The lowest BCUT2D eigenvalue weighted by Crippen LogP contribution is -2.40. The van der Waals surface area contributed by atoms with Crippen LogP contribution in [0.25, 0.3) is 0 Å². The first kappa shape index (κ1) is 16.4. The van der Waals surface area contributed by atoms with Crippen molar-refractivity contribution in [3.05, 3.63) is 12.2 Å². The maximum atomic E-state index is 11.0. The molecule has 100 valence electrons. The zero-order chi connectivity index (χ0) is 13.5. The molecule has 0 saturated heterocycles. The van der Waals surface area contributed by atoms with E-state index in [1.54, 1.807) is 6.92 Å². The Morgan fingerprint density at radius 2 is 1.88 bits per heavy atom. The van der Waals surface area contributed by atoms with E-state index in [1.807, 2.05) is 6.08 Å². The van der Waals surface area contributed by atoms with Crippen molar-refractivity contribution in [1.82, 2.24) is 0 Å². The van der Waals surface area contributed by atoms with Crippen LogP contribution in [0, 0.1) is 0 Å². The molecule has 17 heavy (non-hydrogen) atoms. The van der Waals surface area contributed by atoms with Crippen molar-refractivity contribution < 1.29 is 14.0 Å². The molecule has 0 heterocycles. The Labute approximate surface area is 106 Å². The summed E-state index contributed by atoms with van der Waals surface area (Å²) in [5.41, 5.74) is 0. The summed E-state index contributed by atoms with van der Waals surface area (Å²) in [6, 6.07) is 0. The Morgan fingerprint density at radius 3 is 2.35 bits per heavy atom. The van der Waals surface area contributed by atoms with Gasteiger partial charge in [-0.2, -0.15) is 0 Å². The van der Waals surface area contributed by atoms with Gasteiger partial charge in [0.2, 0.25) is 0 Å². The molecule has 0 amide bonds. The normalized spacial score (nSPS) is 13.1. The molecule has 0 aliphatic rings. The van der Waals surface area contributed by atoms with Crippen LogP contribution in [0.4, 0.5) is 0 Å². The van der Waals surface area contributed by atoms with Crippen LogP contribution in [0.3, 0.4) is 0 Å². The maximum absolute atomic E-state index is 11.0. The largest absolute Gasteiger partial charge is 0.463 e. The fourth-order valence-corrected chi connectivity index (χ4v) is 2.03. The van der Waals surface area contributed by atoms with Gasteiger partial charge in [0.15, 0.2) is 8.32 Å². The minimum Gasteiger partial charge on any atom is -0.463 e. The van der Waals surface area contributed by atoms with Crippen LogP contribution in [0.2, 0.25) is 18.1 Å². The molecule has 0 aromatic heterocycles. The summed E-state index contributed by atoms with van der Waals surface area (Å²) in [6.07, 6.45) is 4.04. The molecule has 0 spiro atoms. The summed E-state index contributed by atoms with van der Waals surface area (Å²) in [4.78, 5) is 11.0. The summed E-state index contributed by atoms with van der Waals surface area (Å²) in [7, 11) is -1.65. The van der Waals surface area contributed by atoms with Crippen LogP contribution >= 0.6 is 0 Å². The average Bonchev–Trinajstić information content (AvgIpc) is 2.15. The molecule has 0 bridgehead atoms. The van der Waals surface area contributed by atoms with E-state index in [9.17, 15) is 4.79 Å². The molecule has 0 aliphatic carbocycles. The van der Waals surface area contributed by atoms with Crippen molar-refractivity contribution in [3.63, 3.8) is 0 Å². The van der Waals surface area contributed by atoms with Crippen molar-refractivity contribution in [2.75, 3.05) is 13.2 Å². The Balaban J connectivity index is 3.90. The van der Waals surface area contributed by atoms with E-state index in [0.717, 1.165) is 6.42 Å². The molecule has 0 aromatic carbocycles. The first-order valence-corrected chi connectivity index (χ1v) is 9.09. The van der Waals surface area contributed by atoms with E-state index in [2.05, 4.69) is 33.9 Å². The van der Waals surface area contributed by atoms with Crippen LogP contribution in [-0.4, -0.2) is 27.5 Å². The second kappa shape index (κ2) is 6.96. The van der Waals surface area contributed by atoms with Gasteiger partial charge in [-0.05, 0) is 31.5 Å². The monoisotopic (exact) mass is 258 g/mol. The van der Waals surface area contributed by atoms with Crippen molar-refractivity contribution in [2.24, 2.45) is 0 Å². The minimum atomic E-state index is -1.65. The van der Waals surface area contributed by atoms with Crippen LogP contribution in [-0.2, 0) is 14.0 Å². The second-order valence-corrected chi connectivity index (χ2v) is 10.4. The lowest BCUT2D eigenvalue weighted by atomic mass is 10.2. The van der Waals surface area contributed by atoms with Gasteiger partial charge in [-0.3, -0.25) is 0 Å². The summed E-state index contributed by atoms with van der Waals surface area (Å²) in [6.45, 7) is 14.0. The third kappa shape index (κ3) is 6.63. The molecule has 0 aliphatic heterocycles. The Morgan fingerprint density at radius 1 is 1.29 bits per heavy atom. The van der Waals surface area contributed by atoms with Gasteiger partial charge in [-0.15, -0.1) is 0 Å². The fourth-order valence-electron chi connectivity index (χ4n) is 0.969. The molecule has 0 rings (SSSR count). The quantitative estimate of drug-likeness (QED) is 0.316. The van der Waals surface area contributed by atoms with E-state index in [0.29, 0.717) is 13.2 Å². The zero-order valence-corrected chi connectivity index (χ0v) is 13.0. The number of hydrogen-bond donors (Lipinski definition) is 0. The highest BCUT2D eigenvalue weighted by Crippen LogP contribution is 2.36. The smallest absolute Gasteiger partial charge is 0.330 e. The van der Waals surface area contributed by atoms with E-state index in [-0.39, 0.29) is 11.0 Å². The predicted octanol–water partition coefficient (Wildman–Crippen LogP) is 3.52. The van der Waals surface area contributed by atoms with E-state index >= 15 is 0 Å². The SMILES string of the molecule is CCOC(=O)/C=C/CCO[Si](C)(C)C(C)(C)C. The second-order valence-electron chi connectivity index (χ2n) is 5.55. The summed E-state index contributed by atoms with van der Waals surface area (Å²) < 4.78 is 10.8. The number of ether oxygens (including phenoxy) is 1. The van der Waals surface area contributed by atoms with Gasteiger partial charge >= 0.3 is 5.97 Å². The van der Waals surface area contributed by atoms with Crippen LogP contribution in [0.5, 0.6) is 0 Å². The Kier molecular flexibility index (Phi) is 6.71. The first-order valence-electron chi connectivity index (χ1n) is 6.18.